The van der Waals surface area contributed by atoms with Crippen LogP contribution in [0, 0.1) is 24.7 Å². The van der Waals surface area contributed by atoms with E-state index >= 15 is 0 Å². The van der Waals surface area contributed by atoms with Gasteiger partial charge < -0.3 is 5.32 Å². The number of nitrogens with zero attached hydrogens (tertiary/aromatic N) is 2. The second kappa shape index (κ2) is 5.23. The minimum absolute atomic E-state index is 0.188. The predicted molar refractivity (Wildman–Crippen MR) is 81.0 cm³/mol. The summed E-state index contributed by atoms with van der Waals surface area (Å²) in [6.45, 7) is 1.13. The van der Waals surface area contributed by atoms with Gasteiger partial charge >= 0.3 is 6.18 Å². The van der Waals surface area contributed by atoms with E-state index in [4.69, 9.17) is 0 Å². The van der Waals surface area contributed by atoms with Gasteiger partial charge in [0.15, 0.2) is 0 Å². The summed E-state index contributed by atoms with van der Waals surface area (Å²) >= 11 is 0. The Morgan fingerprint density at radius 2 is 1.79 bits per heavy atom. The van der Waals surface area contributed by atoms with E-state index in [1.165, 1.54) is 26.2 Å². The van der Waals surface area contributed by atoms with Gasteiger partial charge in [-0.25, -0.2) is 0 Å². The molecule has 4 aliphatic rings. The third-order valence-electron chi connectivity index (χ3n) is 5.93. The minimum atomic E-state index is -4.50. The first-order chi connectivity index (χ1) is 11.2. The molecular formula is C17H22F3N3O. The zero-order chi connectivity index (χ0) is 17.1. The number of rotatable bonds is 3. The lowest BCUT2D eigenvalue weighted by Gasteiger charge is -2.56. The Bertz CT molecular complexity index is 629. The maximum Gasteiger partial charge on any atom is 0.433 e. The quantitative estimate of drug-likeness (QED) is 0.917. The molecule has 4 bridgehead atoms. The van der Waals surface area contributed by atoms with Crippen molar-refractivity contribution in [1.29, 1.82) is 0 Å². The van der Waals surface area contributed by atoms with Gasteiger partial charge in [-0.05, 0) is 69.3 Å². The number of hydrogen-bond acceptors (Lipinski definition) is 2. The number of carbonyl (C=O) groups excluding carboxylic acids is 1. The highest BCUT2D eigenvalue weighted by Gasteiger charge is 2.51. The summed E-state index contributed by atoms with van der Waals surface area (Å²) in [5.41, 5.74) is -0.780. The summed E-state index contributed by atoms with van der Waals surface area (Å²) in [6.07, 6.45) is 2.21. The normalized spacial score (nSPS) is 34.6. The molecule has 1 aromatic heterocycles. The van der Waals surface area contributed by atoms with Crippen LogP contribution in [-0.4, -0.2) is 21.2 Å². The summed E-state index contributed by atoms with van der Waals surface area (Å²) in [6, 6.07) is 0.984. The van der Waals surface area contributed by atoms with Crippen molar-refractivity contribution < 1.29 is 18.0 Å². The number of halogens is 3. The molecule has 4 saturated carbocycles. The molecule has 4 nitrogen and oxygen atoms in total. The van der Waals surface area contributed by atoms with Gasteiger partial charge in [0.05, 0.1) is 5.69 Å². The highest BCUT2D eigenvalue weighted by Crippen LogP contribution is 2.55. The smallest absolute Gasteiger partial charge is 0.349 e. The largest absolute Gasteiger partial charge is 0.433 e. The molecule has 0 aromatic carbocycles. The van der Waals surface area contributed by atoms with Crippen molar-refractivity contribution in [3.8, 4) is 0 Å². The fraction of sp³-hybridized carbons (Fsp3) is 0.765. The lowest BCUT2D eigenvalue weighted by Crippen LogP contribution is -2.60. The zero-order valence-corrected chi connectivity index (χ0v) is 13.7. The van der Waals surface area contributed by atoms with Crippen LogP contribution in [-0.2, 0) is 17.5 Å². The first kappa shape index (κ1) is 16.0. The standard InChI is InChI=1S/C17H22F3N3O/c1-10-2-14(17(18,19)20)23(22-10)9-15(24)21-16-6-11-3-12(7-16)5-13(4-11)8-16/h2,11-13H,3-9H2,1H3,(H,21,24). The highest BCUT2D eigenvalue weighted by molar-refractivity contribution is 5.76. The summed E-state index contributed by atoms with van der Waals surface area (Å²) in [7, 11) is 0. The molecule has 1 N–H and O–H groups in total. The fourth-order valence-electron chi connectivity index (χ4n) is 5.63. The van der Waals surface area contributed by atoms with E-state index in [0.29, 0.717) is 17.8 Å². The number of alkyl halides is 3. The Labute approximate surface area is 138 Å². The lowest BCUT2D eigenvalue weighted by molar-refractivity contribution is -0.145. The van der Waals surface area contributed by atoms with Crippen molar-refractivity contribution in [2.75, 3.05) is 0 Å². The Morgan fingerprint density at radius 3 is 2.29 bits per heavy atom. The van der Waals surface area contributed by atoms with E-state index < -0.39 is 11.9 Å². The Balaban J connectivity index is 1.48. The average Bonchev–Trinajstić information content (AvgIpc) is 2.76. The molecule has 0 spiro atoms. The molecule has 0 aliphatic heterocycles. The molecule has 24 heavy (non-hydrogen) atoms. The van der Waals surface area contributed by atoms with Crippen molar-refractivity contribution in [3.05, 3.63) is 17.5 Å². The number of carbonyl (C=O) groups is 1. The van der Waals surface area contributed by atoms with Crippen LogP contribution in [0.15, 0.2) is 6.07 Å². The molecule has 1 amide bonds. The van der Waals surface area contributed by atoms with Gasteiger partial charge in [0.25, 0.3) is 0 Å². The van der Waals surface area contributed by atoms with Gasteiger partial charge in [-0.3, -0.25) is 9.48 Å². The van der Waals surface area contributed by atoms with E-state index in [9.17, 15) is 18.0 Å². The monoisotopic (exact) mass is 341 g/mol. The number of aromatic nitrogens is 2. The highest BCUT2D eigenvalue weighted by atomic mass is 19.4. The predicted octanol–water partition coefficient (Wildman–Crippen LogP) is 3.30. The summed E-state index contributed by atoms with van der Waals surface area (Å²) in [5, 5.41) is 6.94. The van der Waals surface area contributed by atoms with Crippen LogP contribution in [0.25, 0.3) is 0 Å². The van der Waals surface area contributed by atoms with Crippen molar-refractivity contribution >= 4 is 5.91 Å². The summed E-state index contributed by atoms with van der Waals surface area (Å²) in [5.74, 6) is 1.67. The third kappa shape index (κ3) is 2.82. The van der Waals surface area contributed by atoms with Crippen LogP contribution >= 0.6 is 0 Å². The molecule has 1 heterocycles. The summed E-state index contributed by atoms with van der Waals surface area (Å²) < 4.78 is 39.9. The van der Waals surface area contributed by atoms with E-state index in [1.807, 2.05) is 0 Å². The minimum Gasteiger partial charge on any atom is -0.349 e. The molecule has 0 radical (unpaired) electrons. The lowest BCUT2D eigenvalue weighted by atomic mass is 9.53. The van der Waals surface area contributed by atoms with Crippen molar-refractivity contribution in [1.82, 2.24) is 15.1 Å². The van der Waals surface area contributed by atoms with Crippen LogP contribution in [0.4, 0.5) is 13.2 Å². The van der Waals surface area contributed by atoms with Gasteiger partial charge in [-0.15, -0.1) is 0 Å². The van der Waals surface area contributed by atoms with Crippen LogP contribution < -0.4 is 5.32 Å². The van der Waals surface area contributed by atoms with Gasteiger partial charge in [-0.1, -0.05) is 0 Å². The molecule has 4 aliphatic carbocycles. The zero-order valence-electron chi connectivity index (χ0n) is 13.7. The fourth-order valence-corrected chi connectivity index (χ4v) is 5.63. The summed E-state index contributed by atoms with van der Waals surface area (Å²) in [4.78, 5) is 12.4. The van der Waals surface area contributed by atoms with Gasteiger partial charge in [0.2, 0.25) is 5.91 Å². The molecule has 0 unspecified atom stereocenters. The van der Waals surface area contributed by atoms with E-state index in [2.05, 4.69) is 10.4 Å². The molecule has 132 valence electrons. The number of aryl methyl sites for hydroxylation is 1. The van der Waals surface area contributed by atoms with Crippen LogP contribution in [0.3, 0.4) is 0 Å². The molecule has 5 rings (SSSR count). The number of amides is 1. The van der Waals surface area contributed by atoms with Crippen LogP contribution in [0.5, 0.6) is 0 Å². The molecule has 0 saturated heterocycles. The first-order valence-corrected chi connectivity index (χ1v) is 8.65. The number of hydrogen-bond donors (Lipinski definition) is 1. The molecule has 4 fully saturated rings. The third-order valence-corrected chi connectivity index (χ3v) is 5.93. The van der Waals surface area contributed by atoms with E-state index in [1.54, 1.807) is 0 Å². The topological polar surface area (TPSA) is 46.9 Å². The Hall–Kier alpha value is -1.53. The maximum absolute atomic E-state index is 13.0. The van der Waals surface area contributed by atoms with Crippen LogP contribution in [0.2, 0.25) is 0 Å². The Morgan fingerprint density at radius 1 is 1.25 bits per heavy atom. The second-order valence-electron chi connectivity index (χ2n) is 8.07. The second-order valence-corrected chi connectivity index (χ2v) is 8.07. The van der Waals surface area contributed by atoms with Gasteiger partial charge in [-0.2, -0.15) is 18.3 Å². The number of nitrogens with one attached hydrogen (secondary N) is 1. The van der Waals surface area contributed by atoms with Crippen molar-refractivity contribution in [3.63, 3.8) is 0 Å². The average molecular weight is 341 g/mol. The molecular weight excluding hydrogens is 319 g/mol. The van der Waals surface area contributed by atoms with Gasteiger partial charge in [0.1, 0.15) is 12.2 Å². The molecule has 1 aromatic rings. The molecule has 0 atom stereocenters. The molecule has 7 heteroatoms. The van der Waals surface area contributed by atoms with Crippen LogP contribution in [0.1, 0.15) is 49.9 Å². The maximum atomic E-state index is 13.0. The first-order valence-electron chi connectivity index (χ1n) is 8.65. The SMILES string of the molecule is Cc1cc(C(F)(F)F)n(CC(=O)NC23CC4CC(CC(C4)C2)C3)n1. The van der Waals surface area contributed by atoms with E-state index in [0.717, 1.165) is 30.0 Å². The van der Waals surface area contributed by atoms with Gasteiger partial charge in [0, 0.05) is 5.54 Å². The van der Waals surface area contributed by atoms with E-state index in [-0.39, 0.29) is 23.7 Å². The van der Waals surface area contributed by atoms with Crippen molar-refractivity contribution in [2.24, 2.45) is 17.8 Å². The van der Waals surface area contributed by atoms with Crippen molar-refractivity contribution in [2.45, 2.75) is 63.7 Å². The Kier molecular flexibility index (Phi) is 3.48.